The molecule has 1 amide bonds. The number of fused-ring (bicyclic) bond motifs is 3. The molecule has 1 fully saturated rings. The molecule has 0 radical (unpaired) electrons. The zero-order valence-corrected chi connectivity index (χ0v) is 23.3. The van der Waals surface area contributed by atoms with Gasteiger partial charge in [-0.15, -0.1) is 0 Å². The van der Waals surface area contributed by atoms with Crippen LogP contribution in [0.1, 0.15) is 65.6 Å². The minimum absolute atomic E-state index is 0.0000936. The van der Waals surface area contributed by atoms with Gasteiger partial charge in [-0.1, -0.05) is 85.6 Å². The highest BCUT2D eigenvalue weighted by molar-refractivity contribution is 6.08. The van der Waals surface area contributed by atoms with E-state index in [2.05, 4.69) is 78.3 Å². The van der Waals surface area contributed by atoms with E-state index in [4.69, 9.17) is 4.98 Å². The number of pyridine rings is 1. The van der Waals surface area contributed by atoms with Crippen molar-refractivity contribution in [2.45, 2.75) is 58.0 Å². The van der Waals surface area contributed by atoms with Crippen LogP contribution in [0, 0.1) is 19.8 Å². The Morgan fingerprint density at radius 1 is 0.950 bits per heavy atom. The second kappa shape index (κ2) is 11.3. The average molecular weight is 532 g/mol. The number of nitrogens with one attached hydrogen (secondary N) is 1. The number of hydrogen-bond donors (Lipinski definition) is 2. The minimum atomic E-state index is -0.411. The molecule has 0 unspecified atom stereocenters. The predicted octanol–water partition coefficient (Wildman–Crippen LogP) is 6.98. The molecule has 2 aromatic heterocycles. The van der Waals surface area contributed by atoms with Crippen molar-refractivity contribution < 1.29 is 9.90 Å². The van der Waals surface area contributed by atoms with Gasteiger partial charge in [0.25, 0.3) is 0 Å². The molecular formula is C35H37N3O2. The van der Waals surface area contributed by atoms with E-state index in [9.17, 15) is 9.90 Å². The lowest BCUT2D eigenvalue weighted by Gasteiger charge is -2.26. The fourth-order valence-electron chi connectivity index (χ4n) is 6.66. The number of aliphatic hydroxyl groups is 1. The molecule has 0 saturated heterocycles. The average Bonchev–Trinajstić information content (AvgIpc) is 3.60. The van der Waals surface area contributed by atoms with E-state index in [0.29, 0.717) is 12.5 Å². The first kappa shape index (κ1) is 26.3. The van der Waals surface area contributed by atoms with Crippen LogP contribution in [0.4, 0.5) is 0 Å². The van der Waals surface area contributed by atoms with E-state index in [0.717, 1.165) is 48.2 Å². The molecule has 1 saturated carbocycles. The first-order chi connectivity index (χ1) is 19.5. The van der Waals surface area contributed by atoms with Crippen molar-refractivity contribution in [1.29, 1.82) is 0 Å². The maximum absolute atomic E-state index is 13.7. The van der Waals surface area contributed by atoms with Crippen molar-refractivity contribution in [2.75, 3.05) is 6.61 Å². The van der Waals surface area contributed by atoms with Gasteiger partial charge in [0.2, 0.25) is 5.91 Å². The van der Waals surface area contributed by atoms with Crippen LogP contribution >= 0.6 is 0 Å². The first-order valence-corrected chi connectivity index (χ1v) is 14.4. The Labute approximate surface area is 235 Å². The number of carbonyl (C=O) groups excluding carboxylic acids is 1. The Morgan fingerprint density at radius 3 is 2.38 bits per heavy atom. The van der Waals surface area contributed by atoms with Gasteiger partial charge in [0.1, 0.15) is 5.65 Å². The van der Waals surface area contributed by atoms with Crippen molar-refractivity contribution in [1.82, 2.24) is 14.9 Å². The van der Waals surface area contributed by atoms with Crippen molar-refractivity contribution in [3.8, 4) is 0 Å². The molecule has 1 aliphatic rings. The number of benzene rings is 3. The standard InChI is InChI=1S/C35H37N3O2/c1-23-20-24(2)36-34-32(23)29-14-8-9-15-31(29)38(34)21-25-16-18-28(19-17-25)33(27-12-6-7-13-27)35(40)37-30(22-39)26-10-4-3-5-11-26/h3-5,8-11,14-20,27,30,33,39H,6-7,12-13,21-22H2,1-2H3,(H,37,40)/t30-,33+/m1/s1. The fourth-order valence-corrected chi connectivity index (χ4v) is 6.66. The summed E-state index contributed by atoms with van der Waals surface area (Å²) in [6.45, 7) is 4.80. The number of aromatic nitrogens is 2. The molecule has 40 heavy (non-hydrogen) atoms. The number of hydrogen-bond acceptors (Lipinski definition) is 3. The van der Waals surface area contributed by atoms with Crippen LogP contribution in [0.3, 0.4) is 0 Å². The zero-order chi connectivity index (χ0) is 27.6. The number of nitrogens with zero attached hydrogens (tertiary/aromatic N) is 2. The van der Waals surface area contributed by atoms with Crippen LogP contribution in [0.2, 0.25) is 0 Å². The maximum Gasteiger partial charge on any atom is 0.228 e. The second-order valence-electron chi connectivity index (χ2n) is 11.3. The van der Waals surface area contributed by atoms with Gasteiger partial charge in [0, 0.05) is 23.0 Å². The van der Waals surface area contributed by atoms with Gasteiger partial charge in [-0.25, -0.2) is 4.98 Å². The number of rotatable bonds is 8. The Balaban J connectivity index is 1.30. The van der Waals surface area contributed by atoms with Crippen LogP contribution in [-0.4, -0.2) is 27.2 Å². The van der Waals surface area contributed by atoms with Gasteiger partial charge in [-0.3, -0.25) is 4.79 Å². The summed E-state index contributed by atoms with van der Waals surface area (Å²) in [5.41, 5.74) is 7.61. The summed E-state index contributed by atoms with van der Waals surface area (Å²) < 4.78 is 2.31. The van der Waals surface area contributed by atoms with Crippen LogP contribution < -0.4 is 5.32 Å². The Kier molecular flexibility index (Phi) is 7.40. The van der Waals surface area contributed by atoms with E-state index >= 15 is 0 Å². The third-order valence-electron chi connectivity index (χ3n) is 8.58. The SMILES string of the molecule is Cc1cc(C)c2c3ccccc3n(Cc3ccc([C@@H](C(=O)N[C@H](CO)c4ccccc4)C4CCCC4)cc3)c2n1. The number of aryl methyl sites for hydroxylation is 2. The molecule has 0 bridgehead atoms. The summed E-state index contributed by atoms with van der Waals surface area (Å²) in [5.74, 6) is 0.0862. The fraction of sp³-hybridized carbons (Fsp3) is 0.314. The third kappa shape index (κ3) is 5.02. The van der Waals surface area contributed by atoms with Gasteiger partial charge in [0.15, 0.2) is 0 Å². The quantitative estimate of drug-likeness (QED) is 0.227. The predicted molar refractivity (Wildman–Crippen MR) is 161 cm³/mol. The zero-order valence-electron chi connectivity index (χ0n) is 23.3. The normalized spacial score (nSPS) is 15.5. The van der Waals surface area contributed by atoms with Crippen molar-refractivity contribution >= 4 is 27.8 Å². The smallest absolute Gasteiger partial charge is 0.228 e. The molecule has 6 rings (SSSR count). The monoisotopic (exact) mass is 531 g/mol. The number of para-hydroxylation sites is 1. The van der Waals surface area contributed by atoms with Crippen molar-refractivity contribution in [3.05, 3.63) is 113 Å². The Hall–Kier alpha value is -3.96. The maximum atomic E-state index is 13.7. The molecule has 5 heteroatoms. The van der Waals surface area contributed by atoms with E-state index in [1.54, 1.807) is 0 Å². The van der Waals surface area contributed by atoms with Gasteiger partial charge < -0.3 is 15.0 Å². The Bertz CT molecular complexity index is 1630. The summed E-state index contributed by atoms with van der Waals surface area (Å²) >= 11 is 0. The second-order valence-corrected chi connectivity index (χ2v) is 11.3. The highest BCUT2D eigenvalue weighted by Crippen LogP contribution is 2.38. The van der Waals surface area contributed by atoms with E-state index in [1.165, 1.54) is 27.4 Å². The van der Waals surface area contributed by atoms with Gasteiger partial charge in [-0.05, 0) is 67.0 Å². The molecule has 5 nitrogen and oxygen atoms in total. The number of aliphatic hydroxyl groups excluding tert-OH is 1. The van der Waals surface area contributed by atoms with Crippen LogP contribution in [-0.2, 0) is 11.3 Å². The number of carbonyl (C=O) groups is 1. The minimum Gasteiger partial charge on any atom is -0.394 e. The lowest BCUT2D eigenvalue weighted by molar-refractivity contribution is -0.124. The highest BCUT2D eigenvalue weighted by Gasteiger charge is 2.33. The summed E-state index contributed by atoms with van der Waals surface area (Å²) in [6, 6.07) is 28.6. The number of amides is 1. The molecule has 2 heterocycles. The summed E-state index contributed by atoms with van der Waals surface area (Å²) in [7, 11) is 0. The van der Waals surface area contributed by atoms with Gasteiger partial charge >= 0.3 is 0 Å². The largest absolute Gasteiger partial charge is 0.394 e. The molecule has 5 aromatic rings. The first-order valence-electron chi connectivity index (χ1n) is 14.4. The molecule has 0 aliphatic heterocycles. The molecule has 2 N–H and O–H groups in total. The lowest BCUT2D eigenvalue weighted by Crippen LogP contribution is -2.37. The van der Waals surface area contributed by atoms with E-state index in [-0.39, 0.29) is 18.4 Å². The topological polar surface area (TPSA) is 67.2 Å². The highest BCUT2D eigenvalue weighted by atomic mass is 16.3. The van der Waals surface area contributed by atoms with Crippen LogP contribution in [0.5, 0.6) is 0 Å². The summed E-state index contributed by atoms with van der Waals surface area (Å²) in [5, 5.41) is 15.7. The van der Waals surface area contributed by atoms with E-state index in [1.807, 2.05) is 30.3 Å². The van der Waals surface area contributed by atoms with Crippen molar-refractivity contribution in [2.24, 2.45) is 5.92 Å². The molecule has 1 aliphatic carbocycles. The molecule has 3 aromatic carbocycles. The lowest BCUT2D eigenvalue weighted by atomic mass is 9.83. The summed E-state index contributed by atoms with van der Waals surface area (Å²) in [4.78, 5) is 18.7. The molecular weight excluding hydrogens is 494 g/mol. The summed E-state index contributed by atoms with van der Waals surface area (Å²) in [6.07, 6.45) is 4.43. The van der Waals surface area contributed by atoms with Gasteiger partial charge in [-0.2, -0.15) is 0 Å². The van der Waals surface area contributed by atoms with E-state index < -0.39 is 6.04 Å². The van der Waals surface area contributed by atoms with Crippen molar-refractivity contribution in [3.63, 3.8) is 0 Å². The van der Waals surface area contributed by atoms with Crippen LogP contribution in [0.25, 0.3) is 21.9 Å². The molecule has 0 spiro atoms. The van der Waals surface area contributed by atoms with Crippen LogP contribution in [0.15, 0.2) is 84.9 Å². The van der Waals surface area contributed by atoms with Gasteiger partial charge in [0.05, 0.1) is 24.1 Å². The molecule has 2 atom stereocenters. The Morgan fingerprint density at radius 2 is 1.65 bits per heavy atom. The molecule has 204 valence electrons. The third-order valence-corrected chi connectivity index (χ3v) is 8.58.